The maximum atomic E-state index is 13.5. The van der Waals surface area contributed by atoms with Crippen LogP contribution in [0.2, 0.25) is 0 Å². The van der Waals surface area contributed by atoms with Crippen LogP contribution in [0.5, 0.6) is 0 Å². The molecule has 0 spiro atoms. The molecule has 1 heterocycles. The fourth-order valence-electron chi connectivity index (χ4n) is 4.35. The fraction of sp³-hybridized carbons (Fsp3) is 0.345. The van der Waals surface area contributed by atoms with E-state index in [2.05, 4.69) is 44.8 Å². The van der Waals surface area contributed by atoms with Crippen LogP contribution in [0, 0.1) is 19.3 Å². The number of pyridine rings is 1. The summed E-state index contributed by atoms with van der Waals surface area (Å²) in [5.74, 6) is -0.325. The highest BCUT2D eigenvalue weighted by molar-refractivity contribution is 6.12. The molecule has 3 aromatic rings. The van der Waals surface area contributed by atoms with Gasteiger partial charge in [-0.15, -0.1) is 0 Å². The molecule has 0 bridgehead atoms. The molecule has 0 saturated carbocycles. The van der Waals surface area contributed by atoms with Gasteiger partial charge in [-0.05, 0) is 89.2 Å². The number of anilines is 1. The molecule has 1 amide bonds. The van der Waals surface area contributed by atoms with Crippen molar-refractivity contribution in [2.75, 3.05) is 19.4 Å². The smallest absolute Gasteiger partial charge is 0.253 e. The van der Waals surface area contributed by atoms with E-state index in [1.807, 2.05) is 60.0 Å². The Balaban J connectivity index is 2.04. The van der Waals surface area contributed by atoms with Crippen LogP contribution in [-0.4, -0.2) is 41.6 Å². The van der Waals surface area contributed by atoms with Crippen molar-refractivity contribution in [1.82, 2.24) is 15.2 Å². The van der Waals surface area contributed by atoms with Crippen LogP contribution in [0.4, 0.5) is 5.69 Å². The summed E-state index contributed by atoms with van der Waals surface area (Å²) in [5, 5.41) is 14.8. The molecule has 0 saturated heterocycles. The first-order valence-electron chi connectivity index (χ1n) is 12.2. The standard InChI is InChI=1S/C29H37N5O2/c1-17(2)32-26-14-23(22-10-8-21(9-11-22)16-34(6)7)13-24(27(26)20(5)30)28(35)31-15-25-18(3)12-19(4)33-29(25)36/h8-14,17,30,32H,15-16H2,1-7H3,(H,31,35)(H,33,36). The van der Waals surface area contributed by atoms with Gasteiger partial charge in [0, 0.05) is 47.4 Å². The number of hydrogen-bond acceptors (Lipinski definition) is 5. The average molecular weight is 488 g/mol. The van der Waals surface area contributed by atoms with Crippen molar-refractivity contribution < 1.29 is 4.79 Å². The van der Waals surface area contributed by atoms with Gasteiger partial charge in [0.1, 0.15) is 0 Å². The van der Waals surface area contributed by atoms with Crippen molar-refractivity contribution in [3.8, 4) is 11.1 Å². The summed E-state index contributed by atoms with van der Waals surface area (Å²) in [5.41, 5.74) is 6.99. The third kappa shape index (κ3) is 6.49. The van der Waals surface area contributed by atoms with E-state index in [0.29, 0.717) is 22.4 Å². The summed E-state index contributed by atoms with van der Waals surface area (Å²) in [6.07, 6.45) is 0. The molecule has 0 aliphatic heterocycles. The fourth-order valence-corrected chi connectivity index (χ4v) is 4.35. The molecule has 7 nitrogen and oxygen atoms in total. The average Bonchev–Trinajstić information content (AvgIpc) is 2.77. The molecule has 0 aliphatic carbocycles. The number of nitrogens with zero attached hydrogens (tertiary/aromatic N) is 1. The molecule has 190 valence electrons. The summed E-state index contributed by atoms with van der Waals surface area (Å²) in [7, 11) is 4.07. The lowest BCUT2D eigenvalue weighted by Crippen LogP contribution is -2.29. The Kier molecular flexibility index (Phi) is 8.48. The zero-order valence-electron chi connectivity index (χ0n) is 22.3. The number of carbonyl (C=O) groups excluding carboxylic acids is 1. The molecular weight excluding hydrogens is 450 g/mol. The maximum absolute atomic E-state index is 13.5. The number of hydrogen-bond donors (Lipinski definition) is 4. The highest BCUT2D eigenvalue weighted by Crippen LogP contribution is 2.31. The number of aryl methyl sites for hydroxylation is 2. The molecule has 0 atom stereocenters. The lowest BCUT2D eigenvalue weighted by molar-refractivity contribution is 0.0950. The van der Waals surface area contributed by atoms with Gasteiger partial charge in [-0.3, -0.25) is 9.59 Å². The monoisotopic (exact) mass is 487 g/mol. The number of rotatable bonds is 9. The zero-order chi connectivity index (χ0) is 26.6. The second-order valence-electron chi connectivity index (χ2n) is 9.93. The Morgan fingerprint density at radius 3 is 2.28 bits per heavy atom. The van der Waals surface area contributed by atoms with Gasteiger partial charge in [0.25, 0.3) is 11.5 Å². The second kappa shape index (κ2) is 11.4. The molecule has 1 aromatic heterocycles. The summed E-state index contributed by atoms with van der Waals surface area (Å²) in [4.78, 5) is 30.8. The molecule has 4 N–H and O–H groups in total. The number of amides is 1. The number of benzene rings is 2. The normalized spacial score (nSPS) is 11.1. The van der Waals surface area contributed by atoms with Crippen molar-refractivity contribution in [3.05, 3.63) is 86.3 Å². The van der Waals surface area contributed by atoms with Gasteiger partial charge in [-0.2, -0.15) is 0 Å². The van der Waals surface area contributed by atoms with Crippen LogP contribution in [0.3, 0.4) is 0 Å². The van der Waals surface area contributed by atoms with Gasteiger partial charge < -0.3 is 25.9 Å². The van der Waals surface area contributed by atoms with E-state index in [0.717, 1.165) is 34.6 Å². The summed E-state index contributed by atoms with van der Waals surface area (Å²) in [6, 6.07) is 14.1. The SMILES string of the molecule is CC(=N)c1c(NC(C)C)cc(-c2ccc(CN(C)C)cc2)cc1C(=O)NCc1c(C)cc(C)[nH]c1=O. The minimum atomic E-state index is -0.325. The van der Waals surface area contributed by atoms with E-state index < -0.39 is 0 Å². The lowest BCUT2D eigenvalue weighted by atomic mass is 9.93. The molecule has 36 heavy (non-hydrogen) atoms. The molecule has 0 radical (unpaired) electrons. The Labute approximate surface area is 213 Å². The number of carbonyl (C=O) groups is 1. The first-order valence-corrected chi connectivity index (χ1v) is 12.2. The van der Waals surface area contributed by atoms with Gasteiger partial charge in [-0.25, -0.2) is 0 Å². The van der Waals surface area contributed by atoms with Gasteiger partial charge in [0.2, 0.25) is 0 Å². The van der Waals surface area contributed by atoms with E-state index in [9.17, 15) is 9.59 Å². The summed E-state index contributed by atoms with van der Waals surface area (Å²) < 4.78 is 0. The van der Waals surface area contributed by atoms with E-state index in [-0.39, 0.29) is 24.1 Å². The predicted octanol–water partition coefficient (Wildman–Crippen LogP) is 4.86. The van der Waals surface area contributed by atoms with Crippen LogP contribution in [0.1, 0.15) is 59.1 Å². The first-order chi connectivity index (χ1) is 17.0. The number of nitrogens with one attached hydrogen (secondary N) is 4. The third-order valence-corrected chi connectivity index (χ3v) is 5.91. The molecular formula is C29H37N5O2. The molecule has 7 heteroatoms. The van der Waals surface area contributed by atoms with Crippen molar-refractivity contribution in [2.45, 2.75) is 53.8 Å². The lowest BCUT2D eigenvalue weighted by Gasteiger charge is -2.20. The Morgan fingerprint density at radius 2 is 1.72 bits per heavy atom. The summed E-state index contributed by atoms with van der Waals surface area (Å²) in [6.45, 7) is 10.4. The van der Waals surface area contributed by atoms with Crippen LogP contribution < -0.4 is 16.2 Å². The van der Waals surface area contributed by atoms with E-state index >= 15 is 0 Å². The van der Waals surface area contributed by atoms with Crippen molar-refractivity contribution in [3.63, 3.8) is 0 Å². The van der Waals surface area contributed by atoms with Gasteiger partial charge in [0.05, 0.1) is 5.56 Å². The maximum Gasteiger partial charge on any atom is 0.253 e. The summed E-state index contributed by atoms with van der Waals surface area (Å²) >= 11 is 0. The minimum absolute atomic E-state index is 0.104. The van der Waals surface area contributed by atoms with Gasteiger partial charge in [-0.1, -0.05) is 24.3 Å². The second-order valence-corrected chi connectivity index (χ2v) is 9.93. The highest BCUT2D eigenvalue weighted by atomic mass is 16.1. The van der Waals surface area contributed by atoms with Gasteiger partial charge >= 0.3 is 0 Å². The van der Waals surface area contributed by atoms with Gasteiger partial charge in [0.15, 0.2) is 0 Å². The van der Waals surface area contributed by atoms with Crippen LogP contribution >= 0.6 is 0 Å². The van der Waals surface area contributed by atoms with E-state index in [1.54, 1.807) is 6.92 Å². The Morgan fingerprint density at radius 1 is 1.06 bits per heavy atom. The third-order valence-electron chi connectivity index (χ3n) is 5.91. The first kappa shape index (κ1) is 26.9. The van der Waals surface area contributed by atoms with Crippen molar-refractivity contribution >= 4 is 17.3 Å². The molecule has 0 fully saturated rings. The largest absolute Gasteiger partial charge is 0.382 e. The zero-order valence-corrected chi connectivity index (χ0v) is 22.3. The molecule has 2 aromatic carbocycles. The number of H-pyrrole nitrogens is 1. The Hall–Kier alpha value is -3.71. The minimum Gasteiger partial charge on any atom is -0.382 e. The number of aromatic amines is 1. The van der Waals surface area contributed by atoms with Crippen LogP contribution in [0.15, 0.2) is 47.3 Å². The molecule has 3 rings (SSSR count). The quantitative estimate of drug-likeness (QED) is 0.324. The molecule has 0 aliphatic rings. The van der Waals surface area contributed by atoms with Crippen molar-refractivity contribution in [1.29, 1.82) is 5.41 Å². The van der Waals surface area contributed by atoms with Crippen LogP contribution in [0.25, 0.3) is 11.1 Å². The van der Waals surface area contributed by atoms with Crippen molar-refractivity contribution in [2.24, 2.45) is 0 Å². The predicted molar refractivity (Wildman–Crippen MR) is 148 cm³/mol. The van der Waals surface area contributed by atoms with Crippen LogP contribution in [-0.2, 0) is 13.1 Å². The van der Waals surface area contributed by atoms with E-state index in [4.69, 9.17) is 5.41 Å². The molecule has 0 unspecified atom stereocenters. The topological polar surface area (TPSA) is 101 Å². The number of aromatic nitrogens is 1. The van der Waals surface area contributed by atoms with E-state index in [1.165, 1.54) is 5.56 Å². The highest BCUT2D eigenvalue weighted by Gasteiger charge is 2.20. The Bertz CT molecular complexity index is 1320.